The molecule has 0 fully saturated rings. The molecule has 0 atom stereocenters. The Morgan fingerprint density at radius 1 is 0.864 bits per heavy atom. The van der Waals surface area contributed by atoms with E-state index in [1.165, 1.54) is 11.1 Å². The smallest absolute Gasteiger partial charge is 0.236 e. The van der Waals surface area contributed by atoms with Gasteiger partial charge in [0.1, 0.15) is 0 Å². The summed E-state index contributed by atoms with van der Waals surface area (Å²) >= 11 is 1.79. The lowest BCUT2D eigenvalue weighted by molar-refractivity contribution is -0.658. The van der Waals surface area contributed by atoms with Crippen LogP contribution in [0.1, 0.15) is 11.1 Å². The fourth-order valence-corrected chi connectivity index (χ4v) is 3.00. The summed E-state index contributed by atoms with van der Waals surface area (Å²) in [6, 6.07) is 24.9. The zero-order chi connectivity index (χ0) is 15.2. The van der Waals surface area contributed by atoms with Crippen LogP contribution in [0.3, 0.4) is 0 Å². The van der Waals surface area contributed by atoms with Crippen molar-refractivity contribution in [2.45, 2.75) is 17.7 Å². The highest BCUT2D eigenvalue weighted by atomic mass is 32.2. The van der Waals surface area contributed by atoms with Crippen LogP contribution in [-0.2, 0) is 5.75 Å². The third kappa shape index (κ3) is 3.89. The molecule has 0 saturated carbocycles. The Hall–Kier alpha value is -2.26. The quantitative estimate of drug-likeness (QED) is 0.477. The van der Waals surface area contributed by atoms with Gasteiger partial charge in [0.15, 0.2) is 6.20 Å². The van der Waals surface area contributed by atoms with E-state index in [1.54, 1.807) is 11.8 Å². The van der Waals surface area contributed by atoms with Crippen LogP contribution < -0.4 is 4.68 Å². The van der Waals surface area contributed by atoms with Crippen molar-refractivity contribution in [2.24, 2.45) is 0 Å². The molecule has 0 radical (unpaired) electrons. The molecule has 0 N–H and O–H groups in total. The molecule has 0 amide bonds. The molecule has 0 aliphatic rings. The monoisotopic (exact) mass is 306 g/mol. The van der Waals surface area contributed by atoms with E-state index in [2.05, 4.69) is 55.5 Å². The lowest BCUT2D eigenvalue weighted by atomic mass is 10.2. The van der Waals surface area contributed by atoms with E-state index in [4.69, 9.17) is 5.43 Å². The first-order valence-corrected chi connectivity index (χ1v) is 8.26. The summed E-state index contributed by atoms with van der Waals surface area (Å²) in [6.07, 6.45) is 1.99. The van der Waals surface area contributed by atoms with Gasteiger partial charge in [-0.2, -0.15) is 0 Å². The first-order valence-electron chi connectivity index (χ1n) is 7.27. The number of pyridine rings is 1. The maximum absolute atomic E-state index is 4.69. The van der Waals surface area contributed by atoms with E-state index >= 15 is 0 Å². The van der Waals surface area contributed by atoms with Gasteiger partial charge in [-0.3, -0.25) is 0 Å². The standard InChI is InChI=1S/C19H18N2S/c1-16-10-12-18(13-11-16)20-21-14-6-5-9-19(21)22-15-17-7-3-2-4-8-17/h2-14H,15H2,1H3. The van der Waals surface area contributed by atoms with E-state index in [-0.39, 0.29) is 0 Å². The van der Waals surface area contributed by atoms with Crippen molar-refractivity contribution < 1.29 is 4.68 Å². The van der Waals surface area contributed by atoms with Gasteiger partial charge in [0.25, 0.3) is 0 Å². The Labute approximate surface area is 135 Å². The van der Waals surface area contributed by atoms with Crippen molar-refractivity contribution in [3.05, 3.63) is 95.5 Å². The maximum Gasteiger partial charge on any atom is 0.236 e. The van der Waals surface area contributed by atoms with E-state index in [1.807, 2.05) is 35.1 Å². The van der Waals surface area contributed by atoms with E-state index in [0.29, 0.717) is 0 Å². The number of aromatic nitrogens is 1. The fraction of sp³-hybridized carbons (Fsp3) is 0.105. The first-order chi connectivity index (χ1) is 10.8. The second-order valence-electron chi connectivity index (χ2n) is 5.09. The number of aryl methyl sites for hydroxylation is 1. The number of hydrogen-bond donors (Lipinski definition) is 0. The van der Waals surface area contributed by atoms with Crippen LogP contribution in [0.25, 0.3) is 5.43 Å². The maximum atomic E-state index is 4.69. The molecular weight excluding hydrogens is 288 g/mol. The molecule has 0 spiro atoms. The normalized spacial score (nSPS) is 10.4. The molecule has 110 valence electrons. The molecular formula is C19H18N2S. The zero-order valence-corrected chi connectivity index (χ0v) is 13.3. The van der Waals surface area contributed by atoms with E-state index in [9.17, 15) is 0 Å². The summed E-state index contributed by atoms with van der Waals surface area (Å²) in [7, 11) is 0. The van der Waals surface area contributed by atoms with Crippen molar-refractivity contribution in [3.8, 4) is 0 Å². The minimum atomic E-state index is 0.939. The van der Waals surface area contributed by atoms with Crippen molar-refractivity contribution in [1.82, 2.24) is 0 Å². The van der Waals surface area contributed by atoms with E-state index in [0.717, 1.165) is 16.5 Å². The van der Waals surface area contributed by atoms with Crippen LogP contribution in [0.4, 0.5) is 5.69 Å². The van der Waals surface area contributed by atoms with Crippen LogP contribution in [0.15, 0.2) is 84.0 Å². The van der Waals surface area contributed by atoms with Crippen LogP contribution in [0.2, 0.25) is 0 Å². The summed E-state index contributed by atoms with van der Waals surface area (Å²) in [5.74, 6) is 0.939. The first kappa shape index (κ1) is 14.7. The molecule has 22 heavy (non-hydrogen) atoms. The molecule has 2 nitrogen and oxygen atoms in total. The molecule has 3 aromatic rings. The molecule has 0 aliphatic heterocycles. The Morgan fingerprint density at radius 3 is 2.36 bits per heavy atom. The number of rotatable bonds is 5. The lowest BCUT2D eigenvalue weighted by Crippen LogP contribution is -2.30. The minimum Gasteiger partial charge on any atom is -0.404 e. The molecule has 0 bridgehead atoms. The highest BCUT2D eigenvalue weighted by Gasteiger charge is 2.05. The van der Waals surface area contributed by atoms with Gasteiger partial charge in [-0.1, -0.05) is 77.6 Å². The van der Waals surface area contributed by atoms with Crippen LogP contribution in [0.5, 0.6) is 0 Å². The molecule has 0 aliphatic carbocycles. The Balaban J connectivity index is 1.73. The van der Waals surface area contributed by atoms with Gasteiger partial charge in [-0.05, 0) is 18.6 Å². The summed E-state index contributed by atoms with van der Waals surface area (Å²) < 4.78 is 1.94. The second kappa shape index (κ2) is 7.14. The van der Waals surface area contributed by atoms with Crippen LogP contribution >= 0.6 is 11.8 Å². The Bertz CT molecular complexity index is 724. The average molecular weight is 306 g/mol. The highest BCUT2D eigenvalue weighted by molar-refractivity contribution is 7.98. The predicted octanol–water partition coefficient (Wildman–Crippen LogP) is 5.04. The van der Waals surface area contributed by atoms with Gasteiger partial charge in [0.05, 0.1) is 0 Å². The van der Waals surface area contributed by atoms with Crippen molar-refractivity contribution in [2.75, 3.05) is 0 Å². The molecule has 0 unspecified atom stereocenters. The number of nitrogens with zero attached hydrogens (tertiary/aromatic N) is 2. The fourth-order valence-electron chi connectivity index (χ4n) is 2.08. The Kier molecular flexibility index (Phi) is 4.76. The van der Waals surface area contributed by atoms with Crippen LogP contribution in [0, 0.1) is 6.92 Å². The zero-order valence-electron chi connectivity index (χ0n) is 12.5. The topological polar surface area (TPSA) is 18.0 Å². The van der Waals surface area contributed by atoms with Gasteiger partial charge in [-0.15, -0.1) is 0 Å². The molecule has 3 heteroatoms. The van der Waals surface area contributed by atoms with Crippen molar-refractivity contribution in [1.29, 1.82) is 0 Å². The van der Waals surface area contributed by atoms with Crippen molar-refractivity contribution in [3.63, 3.8) is 0 Å². The van der Waals surface area contributed by atoms with Crippen LogP contribution in [-0.4, -0.2) is 0 Å². The minimum absolute atomic E-state index is 0.939. The van der Waals surface area contributed by atoms with Gasteiger partial charge in [-0.25, -0.2) is 4.68 Å². The lowest BCUT2D eigenvalue weighted by Gasteiger charge is -2.16. The van der Waals surface area contributed by atoms with Gasteiger partial charge in [0, 0.05) is 17.9 Å². The third-order valence-electron chi connectivity index (χ3n) is 3.29. The summed E-state index contributed by atoms with van der Waals surface area (Å²) in [5.41, 5.74) is 8.22. The molecule has 0 saturated heterocycles. The Morgan fingerprint density at radius 2 is 1.59 bits per heavy atom. The summed E-state index contributed by atoms with van der Waals surface area (Å²) in [6.45, 7) is 2.08. The predicted molar refractivity (Wildman–Crippen MR) is 92.2 cm³/mol. The second-order valence-corrected chi connectivity index (χ2v) is 6.09. The summed E-state index contributed by atoms with van der Waals surface area (Å²) in [4.78, 5) is 0. The molecule has 1 aromatic heterocycles. The molecule has 3 rings (SSSR count). The summed E-state index contributed by atoms with van der Waals surface area (Å²) in [5, 5.41) is 1.13. The van der Waals surface area contributed by atoms with Crippen molar-refractivity contribution >= 4 is 17.4 Å². The van der Waals surface area contributed by atoms with E-state index < -0.39 is 0 Å². The number of benzene rings is 2. The molecule has 1 heterocycles. The van der Waals surface area contributed by atoms with Gasteiger partial charge in [0.2, 0.25) is 5.03 Å². The van der Waals surface area contributed by atoms with Gasteiger partial charge >= 0.3 is 0 Å². The molecule has 2 aromatic carbocycles. The number of hydrogen-bond acceptors (Lipinski definition) is 1. The highest BCUT2D eigenvalue weighted by Crippen LogP contribution is 2.22. The average Bonchev–Trinajstić information content (AvgIpc) is 2.57. The SMILES string of the molecule is Cc1ccc([N-][n+]2ccccc2SCc2ccccc2)cc1. The van der Waals surface area contributed by atoms with Gasteiger partial charge < -0.3 is 5.43 Å². The largest absolute Gasteiger partial charge is 0.404 e. The third-order valence-corrected chi connectivity index (χ3v) is 4.39. The number of thioether (sulfide) groups is 1.